The lowest BCUT2D eigenvalue weighted by atomic mass is 10.2. The Morgan fingerprint density at radius 1 is 1.41 bits per heavy atom. The Balaban J connectivity index is 2.47. The summed E-state index contributed by atoms with van der Waals surface area (Å²) in [6, 6.07) is 5.68. The first-order chi connectivity index (χ1) is 8.15. The van der Waals surface area contributed by atoms with E-state index in [-0.39, 0.29) is 5.97 Å². The van der Waals surface area contributed by atoms with Crippen LogP contribution >= 0.6 is 27.3 Å². The van der Waals surface area contributed by atoms with Gasteiger partial charge in [-0.25, -0.2) is 4.79 Å². The second-order valence-electron chi connectivity index (χ2n) is 3.36. The Labute approximate surface area is 111 Å². The van der Waals surface area contributed by atoms with E-state index < -0.39 is 0 Å². The highest BCUT2D eigenvalue weighted by atomic mass is 79.9. The molecule has 0 aliphatic heterocycles. The van der Waals surface area contributed by atoms with Crippen LogP contribution in [0.5, 0.6) is 5.75 Å². The fourth-order valence-corrected chi connectivity index (χ4v) is 2.99. The first kappa shape index (κ1) is 12.4. The van der Waals surface area contributed by atoms with E-state index in [1.807, 2.05) is 18.2 Å². The van der Waals surface area contributed by atoms with E-state index in [0.29, 0.717) is 11.5 Å². The number of carbonyl (C=O) groups excluding carboxylic acids is 1. The quantitative estimate of drug-likeness (QED) is 0.807. The molecule has 5 heteroatoms. The molecule has 0 bridgehead atoms. The summed E-state index contributed by atoms with van der Waals surface area (Å²) in [7, 11) is 1.62. The van der Waals surface area contributed by atoms with Crippen LogP contribution in [0, 0.1) is 0 Å². The number of thiophene rings is 1. The molecule has 0 unspecified atom stereocenters. The average molecular weight is 315 g/mol. The molecule has 3 nitrogen and oxygen atoms in total. The number of ether oxygens (including phenoxy) is 2. The average Bonchev–Trinajstić information content (AvgIpc) is 2.71. The molecule has 1 aromatic carbocycles. The van der Waals surface area contributed by atoms with Crippen molar-refractivity contribution in [2.45, 2.75) is 6.92 Å². The first-order valence-corrected chi connectivity index (χ1v) is 6.71. The smallest absolute Gasteiger partial charge is 0.348 e. The lowest BCUT2D eigenvalue weighted by molar-refractivity contribution is 0.0532. The van der Waals surface area contributed by atoms with E-state index >= 15 is 0 Å². The van der Waals surface area contributed by atoms with Crippen molar-refractivity contribution in [3.8, 4) is 5.75 Å². The molecule has 0 aliphatic rings. The SMILES string of the molecule is CCOC(=O)c1cc2cc(Br)c(OC)cc2s1. The molecule has 90 valence electrons. The molecule has 1 heterocycles. The molecule has 0 spiro atoms. The number of hydrogen-bond acceptors (Lipinski definition) is 4. The van der Waals surface area contributed by atoms with Gasteiger partial charge in [-0.15, -0.1) is 11.3 Å². The van der Waals surface area contributed by atoms with Crippen LogP contribution in [-0.2, 0) is 4.74 Å². The summed E-state index contributed by atoms with van der Waals surface area (Å²) in [6.45, 7) is 2.19. The zero-order valence-electron chi connectivity index (χ0n) is 9.45. The van der Waals surface area contributed by atoms with Gasteiger partial charge in [0, 0.05) is 4.70 Å². The van der Waals surface area contributed by atoms with Crippen LogP contribution in [0.2, 0.25) is 0 Å². The summed E-state index contributed by atoms with van der Waals surface area (Å²) >= 11 is 4.83. The minimum absolute atomic E-state index is 0.274. The Morgan fingerprint density at radius 2 is 2.18 bits per heavy atom. The largest absolute Gasteiger partial charge is 0.496 e. The number of rotatable bonds is 3. The third kappa shape index (κ3) is 2.45. The number of carbonyl (C=O) groups is 1. The summed E-state index contributed by atoms with van der Waals surface area (Å²) in [6.07, 6.45) is 0. The van der Waals surface area contributed by atoms with Crippen LogP contribution < -0.4 is 4.74 Å². The Morgan fingerprint density at radius 3 is 2.82 bits per heavy atom. The maximum Gasteiger partial charge on any atom is 0.348 e. The second kappa shape index (κ2) is 5.06. The zero-order valence-corrected chi connectivity index (χ0v) is 11.9. The summed E-state index contributed by atoms with van der Waals surface area (Å²) in [5, 5.41) is 1.01. The van der Waals surface area contributed by atoms with Crippen LogP contribution in [0.25, 0.3) is 10.1 Å². The Hall–Kier alpha value is -1.07. The van der Waals surface area contributed by atoms with Gasteiger partial charge in [-0.2, -0.15) is 0 Å². The number of fused-ring (bicyclic) bond motifs is 1. The van der Waals surface area contributed by atoms with Gasteiger partial charge in [0.05, 0.1) is 18.2 Å². The van der Waals surface area contributed by atoms with Crippen LogP contribution in [0.3, 0.4) is 0 Å². The highest BCUT2D eigenvalue weighted by Gasteiger charge is 2.12. The molecular formula is C12H11BrO3S. The zero-order chi connectivity index (χ0) is 12.4. The van der Waals surface area contributed by atoms with Gasteiger partial charge < -0.3 is 9.47 Å². The van der Waals surface area contributed by atoms with Gasteiger partial charge in [0.25, 0.3) is 0 Å². The maximum atomic E-state index is 11.6. The van der Waals surface area contributed by atoms with Gasteiger partial charge >= 0.3 is 5.97 Å². The predicted octanol–water partition coefficient (Wildman–Crippen LogP) is 3.85. The molecule has 0 radical (unpaired) electrons. The van der Waals surface area contributed by atoms with E-state index in [9.17, 15) is 4.79 Å². The van der Waals surface area contributed by atoms with E-state index in [1.165, 1.54) is 11.3 Å². The summed E-state index contributed by atoms with van der Waals surface area (Å²) < 4.78 is 12.1. The molecule has 1 aromatic heterocycles. The van der Waals surface area contributed by atoms with Gasteiger partial charge in [-0.1, -0.05) is 0 Å². The molecule has 0 atom stereocenters. The van der Waals surface area contributed by atoms with Crippen molar-refractivity contribution in [1.82, 2.24) is 0 Å². The lowest BCUT2D eigenvalue weighted by Gasteiger charge is -2.01. The highest BCUT2D eigenvalue weighted by Crippen LogP contribution is 2.35. The molecule has 0 N–H and O–H groups in total. The Bertz CT molecular complexity index is 562. The van der Waals surface area contributed by atoms with Crippen LogP contribution in [0.1, 0.15) is 16.6 Å². The fraction of sp³-hybridized carbons (Fsp3) is 0.250. The maximum absolute atomic E-state index is 11.6. The number of esters is 1. The number of hydrogen-bond donors (Lipinski definition) is 0. The van der Waals surface area contributed by atoms with Gasteiger partial charge in [0.15, 0.2) is 0 Å². The third-order valence-corrected chi connectivity index (χ3v) is 3.96. The Kier molecular flexibility index (Phi) is 3.69. The van der Waals surface area contributed by atoms with Gasteiger partial charge in [0.1, 0.15) is 10.6 Å². The van der Waals surface area contributed by atoms with E-state index in [1.54, 1.807) is 14.0 Å². The fourth-order valence-electron chi connectivity index (χ4n) is 1.50. The molecule has 2 rings (SSSR count). The topological polar surface area (TPSA) is 35.5 Å². The van der Waals surface area contributed by atoms with E-state index in [4.69, 9.17) is 9.47 Å². The van der Waals surface area contributed by atoms with Gasteiger partial charge in [-0.3, -0.25) is 0 Å². The van der Waals surface area contributed by atoms with Crippen molar-refractivity contribution in [2.75, 3.05) is 13.7 Å². The van der Waals surface area contributed by atoms with Crippen molar-refractivity contribution in [1.29, 1.82) is 0 Å². The van der Waals surface area contributed by atoms with Gasteiger partial charge in [-0.05, 0) is 46.4 Å². The van der Waals surface area contributed by atoms with Crippen molar-refractivity contribution in [3.63, 3.8) is 0 Å². The van der Waals surface area contributed by atoms with Gasteiger partial charge in [0.2, 0.25) is 0 Å². The molecule has 0 saturated heterocycles. The molecule has 0 amide bonds. The molecule has 0 saturated carbocycles. The normalized spacial score (nSPS) is 10.5. The van der Waals surface area contributed by atoms with Crippen molar-refractivity contribution >= 4 is 43.3 Å². The second-order valence-corrected chi connectivity index (χ2v) is 5.29. The highest BCUT2D eigenvalue weighted by molar-refractivity contribution is 9.10. The van der Waals surface area contributed by atoms with Crippen LogP contribution in [0.15, 0.2) is 22.7 Å². The molecule has 0 aliphatic carbocycles. The molecule has 0 fully saturated rings. The van der Waals surface area contributed by atoms with Crippen LogP contribution in [0.4, 0.5) is 0 Å². The third-order valence-electron chi connectivity index (χ3n) is 2.27. The monoisotopic (exact) mass is 314 g/mol. The summed E-state index contributed by atoms with van der Waals surface area (Å²) in [5.74, 6) is 0.485. The van der Waals surface area contributed by atoms with E-state index in [0.717, 1.165) is 20.3 Å². The minimum Gasteiger partial charge on any atom is -0.496 e. The molecule has 2 aromatic rings. The summed E-state index contributed by atoms with van der Waals surface area (Å²) in [4.78, 5) is 12.2. The molecular weight excluding hydrogens is 304 g/mol. The summed E-state index contributed by atoms with van der Waals surface area (Å²) in [5.41, 5.74) is 0. The van der Waals surface area contributed by atoms with Crippen molar-refractivity contribution < 1.29 is 14.3 Å². The first-order valence-electron chi connectivity index (χ1n) is 5.10. The van der Waals surface area contributed by atoms with Crippen LogP contribution in [-0.4, -0.2) is 19.7 Å². The molecule has 17 heavy (non-hydrogen) atoms. The predicted molar refractivity (Wildman–Crippen MR) is 72.0 cm³/mol. The van der Waals surface area contributed by atoms with Crippen molar-refractivity contribution in [2.24, 2.45) is 0 Å². The number of halogens is 1. The standard InChI is InChI=1S/C12H11BrO3S/c1-3-16-12(14)11-5-7-4-8(13)9(15-2)6-10(7)17-11/h4-6H,3H2,1-2H3. The number of methoxy groups -OCH3 is 1. The van der Waals surface area contributed by atoms with Crippen molar-refractivity contribution in [3.05, 3.63) is 27.5 Å². The number of benzene rings is 1. The minimum atomic E-state index is -0.274. The van der Waals surface area contributed by atoms with E-state index in [2.05, 4.69) is 15.9 Å². The lowest BCUT2D eigenvalue weighted by Crippen LogP contribution is -2.01.